The summed E-state index contributed by atoms with van der Waals surface area (Å²) >= 11 is 0. The van der Waals surface area contributed by atoms with Crippen LogP contribution in [0.5, 0.6) is 11.5 Å². The molecule has 508 valence electrons. The monoisotopic (exact) mass is 1320 g/mol. The van der Waals surface area contributed by atoms with E-state index >= 15 is 9.59 Å². The van der Waals surface area contributed by atoms with Gasteiger partial charge in [0.1, 0.15) is 41.8 Å². The van der Waals surface area contributed by atoms with Gasteiger partial charge in [-0.05, 0) is 111 Å². The number of hydrogen-bond donors (Lipinski definition) is 4. The van der Waals surface area contributed by atoms with Gasteiger partial charge in [-0.3, -0.25) is 34.1 Å². The van der Waals surface area contributed by atoms with Gasteiger partial charge in [-0.2, -0.15) is 0 Å². The summed E-state index contributed by atoms with van der Waals surface area (Å²) in [6.45, 7) is 10.8. The summed E-state index contributed by atoms with van der Waals surface area (Å²) in [6, 6.07) is 31.9. The van der Waals surface area contributed by atoms with Crippen LogP contribution in [0.1, 0.15) is 123 Å². The molecule has 26 heteroatoms. The van der Waals surface area contributed by atoms with Crippen molar-refractivity contribution in [2.24, 2.45) is 16.7 Å². The molecule has 0 radical (unpaired) electrons. The van der Waals surface area contributed by atoms with Crippen LogP contribution in [-0.2, 0) is 52.3 Å². The highest BCUT2D eigenvalue weighted by Gasteiger charge is 2.78. The van der Waals surface area contributed by atoms with Crippen molar-refractivity contribution in [1.82, 2.24) is 20.4 Å². The second-order valence-electron chi connectivity index (χ2n) is 25.1. The summed E-state index contributed by atoms with van der Waals surface area (Å²) in [7, 11) is 2.68. The number of likely N-dealkylation sites (N-methyl/N-ethyl adjacent to an activating group) is 2. The number of aliphatic hydroxyl groups excluding tert-OH is 1. The number of rotatable bonds is 21. The average molecular weight is 1320 g/mol. The number of fused-ring (bicyclic) bond motifs is 5. The van der Waals surface area contributed by atoms with Crippen LogP contribution in [0, 0.1) is 26.9 Å². The van der Waals surface area contributed by atoms with Crippen molar-refractivity contribution in [1.29, 1.82) is 0 Å². The predicted molar refractivity (Wildman–Crippen MR) is 340 cm³/mol. The van der Waals surface area contributed by atoms with E-state index < -0.39 is 148 Å². The molecule has 5 aromatic rings. The number of hydrogen-bond acceptors (Lipinski definition) is 21. The molecule has 1 unspecified atom stereocenters. The van der Waals surface area contributed by atoms with Crippen molar-refractivity contribution in [2.75, 3.05) is 40.3 Å². The third-order valence-corrected chi connectivity index (χ3v) is 18.7. The van der Waals surface area contributed by atoms with Gasteiger partial charge in [0.2, 0.25) is 11.9 Å². The van der Waals surface area contributed by atoms with Crippen molar-refractivity contribution in [2.45, 2.75) is 128 Å². The molecule has 26 nitrogen and oxygen atoms in total. The number of aliphatic hydroxyl groups is 2. The molecular formula is C70H77N5O21. The van der Waals surface area contributed by atoms with Gasteiger partial charge in [-0.1, -0.05) is 80.6 Å². The fourth-order valence-electron chi connectivity index (χ4n) is 13.4. The molecule has 9 rings (SSSR count). The number of Topliss-reactive ketones (excluding diaryl/α,β-unsaturated/α-hetero) is 1. The van der Waals surface area contributed by atoms with Crippen LogP contribution >= 0.6 is 0 Å². The Morgan fingerprint density at radius 3 is 1.90 bits per heavy atom. The smallest absolute Gasteiger partial charge is 0.410 e. The molecule has 4 aliphatic rings. The lowest BCUT2D eigenvalue weighted by molar-refractivity contribution is -0.385. The van der Waals surface area contributed by atoms with Crippen molar-refractivity contribution in [3.63, 3.8) is 0 Å². The van der Waals surface area contributed by atoms with Crippen molar-refractivity contribution < 1.29 is 96.2 Å². The van der Waals surface area contributed by atoms with E-state index in [0.717, 1.165) is 23.6 Å². The first-order valence-corrected chi connectivity index (χ1v) is 31.2. The average Bonchev–Trinajstić information content (AvgIpc) is 0.670. The van der Waals surface area contributed by atoms with E-state index in [4.69, 9.17) is 37.9 Å². The van der Waals surface area contributed by atoms with Gasteiger partial charge in [-0.15, -0.1) is 0 Å². The van der Waals surface area contributed by atoms with Crippen LogP contribution < -0.4 is 15.4 Å². The third kappa shape index (κ3) is 13.9. The normalized spacial score (nSPS) is 24.7. The first-order chi connectivity index (χ1) is 45.5. The summed E-state index contributed by atoms with van der Waals surface area (Å²) in [4.78, 5) is 142. The minimum Gasteiger partial charge on any atom is -0.455 e. The van der Waals surface area contributed by atoms with E-state index in [1.807, 2.05) is 0 Å². The number of esters is 4. The minimum atomic E-state index is -2.56. The highest BCUT2D eigenvalue weighted by Crippen LogP contribution is 2.64. The zero-order valence-corrected chi connectivity index (χ0v) is 54.6. The number of nitro benzene ring substituents is 1. The molecule has 0 spiro atoms. The van der Waals surface area contributed by atoms with Gasteiger partial charge in [-0.25, -0.2) is 19.2 Å². The second-order valence-corrected chi connectivity index (χ2v) is 25.1. The van der Waals surface area contributed by atoms with Crippen LogP contribution in [0.3, 0.4) is 0 Å². The van der Waals surface area contributed by atoms with Crippen molar-refractivity contribution in [3.8, 4) is 11.5 Å². The summed E-state index contributed by atoms with van der Waals surface area (Å²) in [5.74, 6) is -7.82. The standard InChI is InChI=1S/C70H77N5O21/c1-11-71-61(80)45-27-30-48(31-28-45)92-50-35-47(29-32-49(50)75(87)88)40(3)90-65(84)73(9)33-34-74(10)66(85)94-57(55(43-21-15-12-16-22-43)72-62(81)44-23-17-13-18-24-44)64(83)93-51-37-70(86)60(95-63(82)46-25-19-14-20-26-46)58-68(8,52(78)36-53-69(58,38-89-53)96-42(5)77)59(79)56(91-41(4)76)54(39(51)2)67(70,6)7/h12-32,35,40,51-53,55-58,60,78,86H,11,33-34,36-38H2,1-10H3,(H,71,80)(H,72,81)/t40?,51-,52-,53+,55-,56+,57+,58-,60-,68+,69-,70+/m0/s1. The maximum absolute atomic E-state index is 16.0. The van der Waals surface area contributed by atoms with Crippen LogP contribution in [0.4, 0.5) is 15.3 Å². The molecule has 12 atom stereocenters. The van der Waals surface area contributed by atoms with E-state index in [0.29, 0.717) is 17.7 Å². The Morgan fingerprint density at radius 2 is 1.33 bits per heavy atom. The predicted octanol–water partition coefficient (Wildman–Crippen LogP) is 8.09. The van der Waals surface area contributed by atoms with Crippen molar-refractivity contribution in [3.05, 3.63) is 183 Å². The quantitative estimate of drug-likeness (QED) is 0.0177. The zero-order valence-electron chi connectivity index (χ0n) is 54.6. The van der Waals surface area contributed by atoms with Crippen LogP contribution in [0.15, 0.2) is 145 Å². The van der Waals surface area contributed by atoms with Crippen LogP contribution in [0.25, 0.3) is 0 Å². The molecule has 2 saturated carbocycles. The van der Waals surface area contributed by atoms with E-state index in [2.05, 4.69) is 10.6 Å². The van der Waals surface area contributed by atoms with E-state index in [9.17, 15) is 53.9 Å². The van der Waals surface area contributed by atoms with Crippen LogP contribution in [0.2, 0.25) is 0 Å². The number of nitro groups is 1. The maximum atomic E-state index is 16.0. The summed E-state index contributed by atoms with van der Waals surface area (Å²) in [5, 5.41) is 44.1. The molecule has 4 N–H and O–H groups in total. The van der Waals surface area contributed by atoms with Gasteiger partial charge in [0.15, 0.2) is 17.5 Å². The summed E-state index contributed by atoms with van der Waals surface area (Å²) in [5.41, 5.74) is -7.87. The molecular weight excluding hydrogens is 1250 g/mol. The molecule has 3 fully saturated rings. The first kappa shape index (κ1) is 70.3. The van der Waals surface area contributed by atoms with Gasteiger partial charge in [0.25, 0.3) is 11.8 Å². The van der Waals surface area contributed by atoms with Gasteiger partial charge in [0.05, 0.1) is 34.5 Å². The number of benzene rings is 5. The molecule has 0 aromatic heterocycles. The summed E-state index contributed by atoms with van der Waals surface area (Å²) in [6.07, 6.45) is -14.6. The number of carbonyl (C=O) groups is 9. The lowest BCUT2D eigenvalue weighted by atomic mass is 9.44. The third-order valence-electron chi connectivity index (χ3n) is 18.7. The fourth-order valence-corrected chi connectivity index (χ4v) is 13.4. The topological polar surface area (TPSA) is 342 Å². The number of carbonyl (C=O) groups excluding carboxylic acids is 9. The Morgan fingerprint density at radius 1 is 0.750 bits per heavy atom. The maximum Gasteiger partial charge on any atom is 0.410 e. The molecule has 1 saturated heterocycles. The highest BCUT2D eigenvalue weighted by atomic mass is 16.6. The number of nitrogens with one attached hydrogen (secondary N) is 2. The van der Waals surface area contributed by atoms with E-state index in [1.54, 1.807) is 73.7 Å². The molecule has 1 heterocycles. The largest absolute Gasteiger partial charge is 0.455 e. The van der Waals surface area contributed by atoms with Gasteiger partial charge >= 0.3 is 41.8 Å². The number of ether oxygens (including phenoxy) is 8. The van der Waals surface area contributed by atoms with E-state index in [-0.39, 0.29) is 64.8 Å². The van der Waals surface area contributed by atoms with Crippen LogP contribution in [-0.4, -0.2) is 167 Å². The molecule has 2 bridgehead atoms. The molecule has 4 amide bonds. The Bertz CT molecular complexity index is 3830. The Balaban J connectivity index is 1.04. The lowest BCUT2D eigenvalue weighted by Gasteiger charge is -2.67. The Kier molecular flexibility index (Phi) is 20.9. The lowest BCUT2D eigenvalue weighted by Crippen LogP contribution is -2.82. The number of amides is 4. The van der Waals surface area contributed by atoms with Gasteiger partial charge in [0, 0.05) is 83.0 Å². The SMILES string of the molecule is CCNC(=O)c1ccc(Oc2cc(C(C)OC(=O)N(C)CCN(C)C(=O)O[C@@H](C(=O)O[C@H]3C[C@@]4(O)[C@@H](OC(=O)c5ccccc5)[C@@H]5[C@]6(OC(C)=O)CO[C@@H]6C[C@H](O)[C@@]5(C)C(=O)[C@H](OC(C)=O)C(=C3C)C4(C)C)[C@@H](NC(=O)c3ccccc3)c3ccccc3)ccc2[N+](=O)[O-])cc1. The number of nitrogens with zero attached hydrogens (tertiary/aromatic N) is 3. The highest BCUT2D eigenvalue weighted by molar-refractivity contribution is 5.97. The minimum absolute atomic E-state index is 0.00139. The van der Waals surface area contributed by atoms with E-state index in [1.165, 1.54) is 115 Å². The molecule has 3 aliphatic carbocycles. The Hall–Kier alpha value is -10.1. The number of ketones is 1. The first-order valence-electron chi connectivity index (χ1n) is 31.2. The zero-order chi connectivity index (χ0) is 69.8. The Labute approximate surface area is 553 Å². The van der Waals surface area contributed by atoms with Crippen molar-refractivity contribution >= 4 is 59.3 Å². The molecule has 96 heavy (non-hydrogen) atoms. The molecule has 5 aromatic carbocycles. The van der Waals surface area contributed by atoms with Gasteiger partial charge < -0.3 is 68.5 Å². The summed E-state index contributed by atoms with van der Waals surface area (Å²) < 4.78 is 48.9. The fraction of sp³-hybridized carbons (Fsp3) is 0.414. The second kappa shape index (κ2) is 28.5. The molecule has 1 aliphatic heterocycles.